The zero-order valence-corrected chi connectivity index (χ0v) is 15.1. The molecule has 0 fully saturated rings. The Labute approximate surface area is 155 Å². The monoisotopic (exact) mass is 361 g/mol. The summed E-state index contributed by atoms with van der Waals surface area (Å²) in [4.78, 5) is 20.0. The molecule has 4 aromatic rings. The van der Waals surface area contributed by atoms with E-state index in [4.69, 9.17) is 0 Å². The van der Waals surface area contributed by atoms with Crippen molar-refractivity contribution in [2.45, 2.75) is 19.4 Å². The highest BCUT2D eigenvalue weighted by Gasteiger charge is 2.08. The van der Waals surface area contributed by atoms with Crippen molar-refractivity contribution >= 4 is 28.1 Å². The van der Waals surface area contributed by atoms with E-state index in [9.17, 15) is 4.79 Å². The van der Waals surface area contributed by atoms with Crippen LogP contribution in [-0.4, -0.2) is 15.9 Å². The number of carbonyl (C=O) groups excluding carboxylic acids is 1. The summed E-state index contributed by atoms with van der Waals surface area (Å²) >= 11 is 1.62. The van der Waals surface area contributed by atoms with E-state index < -0.39 is 0 Å². The molecule has 2 N–H and O–H groups in total. The molecule has 0 spiro atoms. The summed E-state index contributed by atoms with van der Waals surface area (Å²) < 4.78 is 0. The third kappa shape index (κ3) is 3.68. The van der Waals surface area contributed by atoms with Crippen molar-refractivity contribution in [1.82, 2.24) is 15.3 Å². The molecule has 0 saturated heterocycles. The first kappa shape index (κ1) is 16.5. The average molecular weight is 361 g/mol. The fourth-order valence-electron chi connectivity index (χ4n) is 2.94. The number of carbonyl (C=O) groups is 1. The number of hydrogen-bond acceptors (Lipinski definition) is 3. The van der Waals surface area contributed by atoms with Crippen LogP contribution in [0.2, 0.25) is 0 Å². The van der Waals surface area contributed by atoms with Crippen molar-refractivity contribution < 1.29 is 4.79 Å². The predicted molar refractivity (Wildman–Crippen MR) is 106 cm³/mol. The van der Waals surface area contributed by atoms with Crippen LogP contribution < -0.4 is 5.32 Å². The summed E-state index contributed by atoms with van der Waals surface area (Å²) in [6, 6.07) is 18.2. The summed E-state index contributed by atoms with van der Waals surface area (Å²) in [7, 11) is 0. The Morgan fingerprint density at radius 3 is 2.77 bits per heavy atom. The van der Waals surface area contributed by atoms with Crippen molar-refractivity contribution in [3.8, 4) is 10.6 Å². The Hall–Kier alpha value is -2.92. The second-order valence-electron chi connectivity index (χ2n) is 6.15. The first-order chi connectivity index (χ1) is 12.8. The number of nitrogens with one attached hydrogen (secondary N) is 2. The minimum absolute atomic E-state index is 0.0459. The lowest BCUT2D eigenvalue weighted by Crippen LogP contribution is -2.22. The molecule has 4 rings (SSSR count). The van der Waals surface area contributed by atoms with Crippen LogP contribution in [0.3, 0.4) is 0 Å². The number of aromatic nitrogens is 2. The van der Waals surface area contributed by atoms with Crippen LogP contribution in [0.4, 0.5) is 0 Å². The zero-order chi connectivity index (χ0) is 17.8. The number of rotatable bonds is 6. The molecule has 2 aromatic carbocycles. The number of thiazole rings is 1. The lowest BCUT2D eigenvalue weighted by Gasteiger charge is -2.04. The molecule has 4 nitrogen and oxygen atoms in total. The second kappa shape index (κ2) is 7.54. The Kier molecular flexibility index (Phi) is 4.80. The smallest absolute Gasteiger partial charge is 0.220 e. The summed E-state index contributed by atoms with van der Waals surface area (Å²) in [5.74, 6) is 0.0459. The van der Waals surface area contributed by atoms with Gasteiger partial charge < -0.3 is 10.3 Å². The standard InChI is InChI=1S/C21H19N3OS/c25-20(23-13-16-12-22-19-9-5-4-8-18(16)19)11-10-17-14-26-21(24-17)15-6-2-1-3-7-15/h1-9,12,14,22H,10-11,13H2,(H,23,25). The quantitative estimate of drug-likeness (QED) is 0.530. The number of fused-ring (bicyclic) bond motifs is 1. The van der Waals surface area contributed by atoms with E-state index >= 15 is 0 Å². The number of hydrogen-bond donors (Lipinski definition) is 2. The minimum Gasteiger partial charge on any atom is -0.361 e. The summed E-state index contributed by atoms with van der Waals surface area (Å²) in [5, 5.41) is 7.19. The van der Waals surface area contributed by atoms with Gasteiger partial charge in [-0.3, -0.25) is 4.79 Å². The van der Waals surface area contributed by atoms with Crippen molar-refractivity contribution in [3.63, 3.8) is 0 Å². The maximum absolute atomic E-state index is 12.2. The van der Waals surface area contributed by atoms with Gasteiger partial charge in [0, 0.05) is 41.0 Å². The lowest BCUT2D eigenvalue weighted by atomic mass is 10.1. The molecule has 0 unspecified atom stereocenters. The molecule has 0 aliphatic carbocycles. The van der Waals surface area contributed by atoms with Gasteiger partial charge in [-0.25, -0.2) is 4.98 Å². The fraction of sp³-hybridized carbons (Fsp3) is 0.143. The molecule has 2 heterocycles. The van der Waals surface area contributed by atoms with Gasteiger partial charge in [-0.1, -0.05) is 48.5 Å². The van der Waals surface area contributed by atoms with Gasteiger partial charge in [-0.05, 0) is 18.1 Å². The Balaban J connectivity index is 1.31. The Bertz CT molecular complexity index is 1020. The first-order valence-corrected chi connectivity index (χ1v) is 9.49. The third-order valence-corrected chi connectivity index (χ3v) is 5.27. The van der Waals surface area contributed by atoms with Crippen molar-refractivity contribution in [2.24, 2.45) is 0 Å². The van der Waals surface area contributed by atoms with E-state index in [0.29, 0.717) is 19.4 Å². The van der Waals surface area contributed by atoms with Crippen LogP contribution in [0.1, 0.15) is 17.7 Å². The van der Waals surface area contributed by atoms with Crippen LogP contribution in [0, 0.1) is 0 Å². The molecule has 130 valence electrons. The van der Waals surface area contributed by atoms with Crippen molar-refractivity contribution in [2.75, 3.05) is 0 Å². The maximum Gasteiger partial charge on any atom is 0.220 e. The van der Waals surface area contributed by atoms with Gasteiger partial charge in [-0.2, -0.15) is 0 Å². The van der Waals surface area contributed by atoms with E-state index in [0.717, 1.165) is 32.7 Å². The van der Waals surface area contributed by atoms with Crippen molar-refractivity contribution in [3.05, 3.63) is 77.4 Å². The van der Waals surface area contributed by atoms with E-state index in [1.165, 1.54) is 0 Å². The molecule has 2 aromatic heterocycles. The number of benzene rings is 2. The molecular formula is C21H19N3OS. The van der Waals surface area contributed by atoms with Gasteiger partial charge in [0.25, 0.3) is 0 Å². The fourth-order valence-corrected chi connectivity index (χ4v) is 3.80. The molecule has 5 heteroatoms. The molecule has 0 radical (unpaired) electrons. The summed E-state index contributed by atoms with van der Waals surface area (Å²) in [6.45, 7) is 0.537. The summed E-state index contributed by atoms with van der Waals surface area (Å²) in [6.07, 6.45) is 3.06. The lowest BCUT2D eigenvalue weighted by molar-refractivity contribution is -0.121. The van der Waals surface area contributed by atoms with Crippen LogP contribution in [-0.2, 0) is 17.8 Å². The number of nitrogens with zero attached hydrogens (tertiary/aromatic N) is 1. The van der Waals surface area contributed by atoms with E-state index in [2.05, 4.69) is 33.5 Å². The highest BCUT2D eigenvalue weighted by Crippen LogP contribution is 2.23. The molecule has 26 heavy (non-hydrogen) atoms. The van der Waals surface area contributed by atoms with Crippen LogP contribution >= 0.6 is 11.3 Å². The van der Waals surface area contributed by atoms with Gasteiger partial charge >= 0.3 is 0 Å². The zero-order valence-electron chi connectivity index (χ0n) is 14.2. The Morgan fingerprint density at radius 1 is 1.08 bits per heavy atom. The van der Waals surface area contributed by atoms with Crippen LogP contribution in [0.5, 0.6) is 0 Å². The number of aromatic amines is 1. The van der Waals surface area contributed by atoms with Crippen LogP contribution in [0.25, 0.3) is 21.5 Å². The Morgan fingerprint density at radius 2 is 1.88 bits per heavy atom. The largest absolute Gasteiger partial charge is 0.361 e. The SMILES string of the molecule is O=C(CCc1csc(-c2ccccc2)n1)NCc1c[nH]c2ccccc12. The van der Waals surface area contributed by atoms with E-state index in [1.54, 1.807) is 11.3 Å². The number of amides is 1. The van der Waals surface area contributed by atoms with E-state index in [-0.39, 0.29) is 5.91 Å². The first-order valence-electron chi connectivity index (χ1n) is 8.61. The third-order valence-electron chi connectivity index (χ3n) is 4.33. The molecule has 0 bridgehead atoms. The molecule has 0 saturated carbocycles. The van der Waals surface area contributed by atoms with Gasteiger partial charge in [0.1, 0.15) is 5.01 Å². The molecule has 0 aliphatic rings. The molecular weight excluding hydrogens is 342 g/mol. The minimum atomic E-state index is 0.0459. The molecule has 1 amide bonds. The van der Waals surface area contributed by atoms with Crippen LogP contribution in [0.15, 0.2) is 66.2 Å². The molecule has 0 aliphatic heterocycles. The van der Waals surface area contributed by atoms with Gasteiger partial charge in [0.15, 0.2) is 0 Å². The summed E-state index contributed by atoms with van der Waals surface area (Å²) in [5.41, 5.74) is 4.28. The number of H-pyrrole nitrogens is 1. The number of para-hydroxylation sites is 1. The number of aryl methyl sites for hydroxylation is 1. The molecule has 0 atom stereocenters. The second-order valence-corrected chi connectivity index (χ2v) is 7.00. The predicted octanol–water partition coefficient (Wildman–Crippen LogP) is 4.54. The van der Waals surface area contributed by atoms with Gasteiger partial charge in [0.2, 0.25) is 5.91 Å². The average Bonchev–Trinajstić information content (AvgIpc) is 3.33. The topological polar surface area (TPSA) is 57.8 Å². The normalized spacial score (nSPS) is 10.9. The van der Waals surface area contributed by atoms with E-state index in [1.807, 2.05) is 48.0 Å². The van der Waals surface area contributed by atoms with Crippen molar-refractivity contribution in [1.29, 1.82) is 0 Å². The highest BCUT2D eigenvalue weighted by molar-refractivity contribution is 7.13. The highest BCUT2D eigenvalue weighted by atomic mass is 32.1. The maximum atomic E-state index is 12.2. The van der Waals surface area contributed by atoms with Gasteiger partial charge in [-0.15, -0.1) is 11.3 Å². The van der Waals surface area contributed by atoms with Gasteiger partial charge in [0.05, 0.1) is 5.69 Å².